The van der Waals surface area contributed by atoms with E-state index in [0.717, 1.165) is 44.9 Å². The Morgan fingerprint density at radius 1 is 0.674 bits per heavy atom. The second-order valence-corrected chi connectivity index (χ2v) is 12.8. The molecule has 8 heteroatoms. The summed E-state index contributed by atoms with van der Waals surface area (Å²) in [5, 5.41) is 9.53. The Labute approximate surface area is 263 Å². The summed E-state index contributed by atoms with van der Waals surface area (Å²) >= 11 is 0. The summed E-state index contributed by atoms with van der Waals surface area (Å²) in [5.74, 6) is -1.49. The minimum absolute atomic E-state index is 0.0517. The molecule has 0 aliphatic heterocycles. The molecule has 0 saturated carbocycles. The highest BCUT2D eigenvalue weighted by Gasteiger charge is 2.31. The van der Waals surface area contributed by atoms with Crippen molar-refractivity contribution in [3.8, 4) is 0 Å². The summed E-state index contributed by atoms with van der Waals surface area (Å²) in [6.07, 6.45) is 24.1. The van der Waals surface area contributed by atoms with E-state index in [4.69, 9.17) is 14.2 Å². The third-order valence-corrected chi connectivity index (χ3v) is 7.66. The molecule has 1 N–H and O–H groups in total. The molecule has 0 aliphatic rings. The molecule has 2 unspecified atom stereocenters. The molecule has 0 bridgehead atoms. The van der Waals surface area contributed by atoms with Crippen LogP contribution in [-0.2, 0) is 28.6 Å². The number of likely N-dealkylation sites (N-methyl/N-ethyl adjacent to an activating group) is 1. The lowest BCUT2D eigenvalue weighted by Gasteiger charge is -2.31. The van der Waals surface area contributed by atoms with Crippen LogP contribution in [0.25, 0.3) is 0 Å². The average Bonchev–Trinajstić information content (AvgIpc) is 2.94. The van der Waals surface area contributed by atoms with E-state index in [2.05, 4.69) is 26.0 Å². The third-order valence-electron chi connectivity index (χ3n) is 7.66. The molecule has 0 saturated heterocycles. The Balaban J connectivity index is 4.44. The van der Waals surface area contributed by atoms with E-state index in [1.807, 2.05) is 21.1 Å². The van der Waals surface area contributed by atoms with Gasteiger partial charge in [0.25, 0.3) is 0 Å². The van der Waals surface area contributed by atoms with Gasteiger partial charge in [0, 0.05) is 19.3 Å². The molecule has 0 radical (unpaired) electrons. The number of ether oxygens (including phenoxy) is 3. The molecule has 2 atom stereocenters. The maximum atomic E-state index is 12.5. The number of hydrogen-bond donors (Lipinski definition) is 1. The fourth-order valence-corrected chi connectivity index (χ4v) is 4.91. The maximum absolute atomic E-state index is 12.5. The second kappa shape index (κ2) is 27.6. The van der Waals surface area contributed by atoms with E-state index in [9.17, 15) is 19.5 Å². The van der Waals surface area contributed by atoms with Crippen LogP contribution in [0.4, 0.5) is 0 Å². The first kappa shape index (κ1) is 41.1. The van der Waals surface area contributed by atoms with Crippen molar-refractivity contribution >= 4 is 17.9 Å². The van der Waals surface area contributed by atoms with Crippen LogP contribution in [0, 0.1) is 0 Å². The van der Waals surface area contributed by atoms with Crippen molar-refractivity contribution in [1.82, 2.24) is 0 Å². The smallest absolute Gasteiger partial charge is 0.362 e. The minimum Gasteiger partial charge on any atom is -0.477 e. The number of carboxylic acids is 1. The van der Waals surface area contributed by atoms with Gasteiger partial charge in [-0.15, -0.1) is 0 Å². The predicted molar refractivity (Wildman–Crippen MR) is 174 cm³/mol. The first-order chi connectivity index (χ1) is 20.6. The quantitative estimate of drug-likeness (QED) is 0.0380. The summed E-state index contributed by atoms with van der Waals surface area (Å²) in [6, 6.07) is -0.608. The van der Waals surface area contributed by atoms with Crippen molar-refractivity contribution in [2.45, 2.75) is 154 Å². The number of unbranched alkanes of at least 4 members (excludes halogenated alkanes) is 14. The van der Waals surface area contributed by atoms with E-state index in [1.165, 1.54) is 64.2 Å². The largest absolute Gasteiger partial charge is 0.477 e. The Morgan fingerprint density at radius 2 is 1.16 bits per heavy atom. The van der Waals surface area contributed by atoms with Crippen LogP contribution in [0.5, 0.6) is 0 Å². The zero-order chi connectivity index (χ0) is 32.2. The number of rotatable bonds is 30. The lowest BCUT2D eigenvalue weighted by molar-refractivity contribution is -0.887. The molecule has 0 heterocycles. The SMILES string of the molecule is CCCCC/C=C/CCCCCCCC(=O)OCC(COCCC(C(=O)O)[N+](C)(C)C)OC(=O)CCCCCCCCC. The van der Waals surface area contributed by atoms with Gasteiger partial charge in [0.05, 0.1) is 34.4 Å². The van der Waals surface area contributed by atoms with E-state index in [0.29, 0.717) is 19.3 Å². The highest BCUT2D eigenvalue weighted by atomic mass is 16.6. The van der Waals surface area contributed by atoms with Gasteiger partial charge in [-0.25, -0.2) is 4.79 Å². The molecule has 0 aliphatic carbocycles. The summed E-state index contributed by atoms with van der Waals surface area (Å²) in [4.78, 5) is 36.5. The van der Waals surface area contributed by atoms with Gasteiger partial charge in [-0.1, -0.05) is 96.6 Å². The van der Waals surface area contributed by atoms with Crippen molar-refractivity contribution in [3.63, 3.8) is 0 Å². The summed E-state index contributed by atoms with van der Waals surface area (Å²) in [5.41, 5.74) is 0. The molecule has 8 nitrogen and oxygen atoms in total. The molecule has 0 aromatic heterocycles. The monoisotopic (exact) mass is 612 g/mol. The number of hydrogen-bond acceptors (Lipinski definition) is 6. The molecule has 0 aromatic rings. The van der Waals surface area contributed by atoms with E-state index in [-0.39, 0.29) is 36.2 Å². The standard InChI is InChI=1S/C35H65NO7/c1-6-8-10-12-14-15-16-17-18-20-21-23-25-33(37)42-30-31(29-41-28-27-32(35(39)40)36(3,4)5)43-34(38)26-24-22-19-13-11-9-7-2/h14-15,31-32H,6-13,16-30H2,1-5H3/p+1/b15-14+. The highest BCUT2D eigenvalue weighted by Crippen LogP contribution is 2.13. The topological polar surface area (TPSA) is 99.1 Å². The van der Waals surface area contributed by atoms with Gasteiger partial charge in [-0.2, -0.15) is 0 Å². The van der Waals surface area contributed by atoms with Gasteiger partial charge in [0.1, 0.15) is 6.61 Å². The lowest BCUT2D eigenvalue weighted by Crippen LogP contribution is -2.50. The molecule has 0 fully saturated rings. The van der Waals surface area contributed by atoms with Gasteiger partial charge in [0.15, 0.2) is 12.1 Å². The maximum Gasteiger partial charge on any atom is 0.362 e. The first-order valence-corrected chi connectivity index (χ1v) is 17.2. The van der Waals surface area contributed by atoms with Crippen molar-refractivity contribution in [3.05, 3.63) is 12.2 Å². The lowest BCUT2D eigenvalue weighted by atomic mass is 10.1. The predicted octanol–water partition coefficient (Wildman–Crippen LogP) is 8.02. The van der Waals surface area contributed by atoms with E-state index in [1.54, 1.807) is 0 Å². The Hall–Kier alpha value is -1.93. The number of quaternary nitrogens is 1. The molecular weight excluding hydrogens is 546 g/mol. The summed E-state index contributed by atoms with van der Waals surface area (Å²) in [6.45, 7) is 4.64. The van der Waals surface area contributed by atoms with Gasteiger partial charge in [-0.05, 0) is 38.5 Å². The highest BCUT2D eigenvalue weighted by molar-refractivity contribution is 5.72. The molecule has 0 rings (SSSR count). The molecule has 0 aromatic carbocycles. The van der Waals surface area contributed by atoms with E-state index >= 15 is 0 Å². The van der Waals surface area contributed by atoms with Crippen LogP contribution in [0.2, 0.25) is 0 Å². The van der Waals surface area contributed by atoms with Crippen LogP contribution < -0.4 is 0 Å². The van der Waals surface area contributed by atoms with Gasteiger partial charge in [0.2, 0.25) is 0 Å². The number of allylic oxidation sites excluding steroid dienone is 2. The van der Waals surface area contributed by atoms with Crippen LogP contribution >= 0.6 is 0 Å². The zero-order valence-corrected chi connectivity index (χ0v) is 28.4. The fourth-order valence-electron chi connectivity index (χ4n) is 4.91. The third kappa shape index (κ3) is 26.2. The van der Waals surface area contributed by atoms with E-state index < -0.39 is 18.1 Å². The zero-order valence-electron chi connectivity index (χ0n) is 28.4. The summed E-state index contributed by atoms with van der Waals surface area (Å²) in [7, 11) is 5.50. The first-order valence-electron chi connectivity index (χ1n) is 17.2. The van der Waals surface area contributed by atoms with Crippen LogP contribution in [0.15, 0.2) is 12.2 Å². The van der Waals surface area contributed by atoms with Crippen molar-refractivity contribution < 1.29 is 38.2 Å². The number of aliphatic carboxylic acids is 1. The Bertz CT molecular complexity index is 732. The van der Waals surface area contributed by atoms with Crippen molar-refractivity contribution in [2.24, 2.45) is 0 Å². The number of carbonyl (C=O) groups is 3. The average molecular weight is 613 g/mol. The molecule has 0 spiro atoms. The second-order valence-electron chi connectivity index (χ2n) is 12.8. The Morgan fingerprint density at radius 3 is 1.72 bits per heavy atom. The normalized spacial score (nSPS) is 13.2. The van der Waals surface area contributed by atoms with Crippen LogP contribution in [0.3, 0.4) is 0 Å². The Kier molecular flexibility index (Phi) is 26.4. The fraction of sp³-hybridized carbons (Fsp3) is 0.857. The number of carboxylic acid groups (broad SMARTS) is 1. The van der Waals surface area contributed by atoms with Crippen molar-refractivity contribution in [2.75, 3.05) is 41.0 Å². The van der Waals surface area contributed by atoms with Gasteiger partial charge < -0.3 is 23.8 Å². The number of nitrogens with zero attached hydrogens (tertiary/aromatic N) is 1. The number of esters is 2. The van der Waals surface area contributed by atoms with Crippen molar-refractivity contribution in [1.29, 1.82) is 0 Å². The van der Waals surface area contributed by atoms with Gasteiger partial charge >= 0.3 is 17.9 Å². The minimum atomic E-state index is -0.877. The van der Waals surface area contributed by atoms with Crippen LogP contribution in [0.1, 0.15) is 142 Å². The van der Waals surface area contributed by atoms with Crippen LogP contribution in [-0.4, -0.2) is 80.6 Å². The van der Waals surface area contributed by atoms with Gasteiger partial charge in [-0.3, -0.25) is 9.59 Å². The molecule has 252 valence electrons. The number of carbonyl (C=O) groups excluding carboxylic acids is 2. The molecular formula is C35H66NO7+. The summed E-state index contributed by atoms with van der Waals surface area (Å²) < 4.78 is 17.1. The molecule has 0 amide bonds. The molecule has 43 heavy (non-hydrogen) atoms.